The monoisotopic (exact) mass is 319 g/mol. The van der Waals surface area contributed by atoms with Crippen molar-refractivity contribution in [2.24, 2.45) is 0 Å². The summed E-state index contributed by atoms with van der Waals surface area (Å²) in [5, 5.41) is 3.81. The lowest BCUT2D eigenvalue weighted by Gasteiger charge is -2.16. The van der Waals surface area contributed by atoms with Gasteiger partial charge in [0, 0.05) is 13.5 Å². The smallest absolute Gasteiger partial charge is 0.222 e. The lowest BCUT2D eigenvalue weighted by Crippen LogP contribution is -2.27. The van der Waals surface area contributed by atoms with E-state index >= 15 is 0 Å². The quantitative estimate of drug-likeness (QED) is 0.748. The molecule has 1 rings (SSSR count). The number of amides is 1. The van der Waals surface area contributed by atoms with Crippen LogP contribution in [0.4, 0.5) is 0 Å². The van der Waals surface area contributed by atoms with Crippen LogP contribution < -0.4 is 5.32 Å². The summed E-state index contributed by atoms with van der Waals surface area (Å²) >= 11 is 12.1. The van der Waals surface area contributed by atoms with Crippen molar-refractivity contribution < 1.29 is 14.3 Å². The van der Waals surface area contributed by atoms with Gasteiger partial charge >= 0.3 is 0 Å². The highest BCUT2D eigenvalue weighted by molar-refractivity contribution is 6.42. The molecule has 0 saturated heterocycles. The van der Waals surface area contributed by atoms with Gasteiger partial charge in [0.1, 0.15) is 0 Å². The van der Waals surface area contributed by atoms with Gasteiger partial charge in [-0.2, -0.15) is 0 Å². The highest BCUT2D eigenvalue weighted by Crippen LogP contribution is 2.29. The Bertz CT molecular complexity index is 440. The van der Waals surface area contributed by atoms with Crippen LogP contribution in [0.3, 0.4) is 0 Å². The summed E-state index contributed by atoms with van der Waals surface area (Å²) < 4.78 is 10.1. The fraction of sp³-hybridized carbons (Fsp3) is 0.500. The number of hydrogen-bond acceptors (Lipinski definition) is 3. The average Bonchev–Trinajstić information content (AvgIpc) is 2.41. The molecule has 0 spiro atoms. The molecule has 0 aromatic heterocycles. The third-order valence-corrected chi connectivity index (χ3v) is 3.56. The maximum absolute atomic E-state index is 11.8. The van der Waals surface area contributed by atoms with Crippen molar-refractivity contribution in [3.8, 4) is 0 Å². The van der Waals surface area contributed by atoms with Crippen LogP contribution in [0.25, 0.3) is 0 Å². The van der Waals surface area contributed by atoms with Gasteiger partial charge in [-0.05, 0) is 18.6 Å². The number of rotatable bonds is 8. The summed E-state index contributed by atoms with van der Waals surface area (Å²) in [5.41, 5.74) is 0.799. The van der Waals surface area contributed by atoms with Gasteiger partial charge in [0.25, 0.3) is 0 Å². The zero-order valence-corrected chi connectivity index (χ0v) is 13.1. The van der Waals surface area contributed by atoms with Gasteiger partial charge in [0.05, 0.1) is 35.9 Å². The zero-order valence-electron chi connectivity index (χ0n) is 11.6. The molecule has 0 fully saturated rings. The molecule has 1 aromatic carbocycles. The third-order valence-electron chi connectivity index (χ3n) is 2.73. The molecule has 0 bridgehead atoms. The molecule has 0 radical (unpaired) electrons. The molecule has 20 heavy (non-hydrogen) atoms. The van der Waals surface area contributed by atoms with Crippen molar-refractivity contribution in [2.45, 2.75) is 19.4 Å². The average molecular weight is 320 g/mol. The zero-order chi connectivity index (χ0) is 15.0. The Morgan fingerprint density at radius 3 is 2.75 bits per heavy atom. The number of hydrogen-bond donors (Lipinski definition) is 1. The Morgan fingerprint density at radius 1 is 1.30 bits per heavy atom. The second-order valence-electron chi connectivity index (χ2n) is 4.29. The lowest BCUT2D eigenvalue weighted by atomic mass is 10.1. The van der Waals surface area contributed by atoms with Gasteiger partial charge < -0.3 is 14.8 Å². The highest BCUT2D eigenvalue weighted by atomic mass is 35.5. The maximum atomic E-state index is 11.8. The summed E-state index contributed by atoms with van der Waals surface area (Å²) in [6.07, 6.45) is 0.298. The topological polar surface area (TPSA) is 47.6 Å². The van der Waals surface area contributed by atoms with E-state index < -0.39 is 0 Å². The van der Waals surface area contributed by atoms with E-state index in [0.717, 1.165) is 5.56 Å². The van der Waals surface area contributed by atoms with E-state index in [9.17, 15) is 4.79 Å². The van der Waals surface area contributed by atoms with Crippen LogP contribution in [0.15, 0.2) is 18.2 Å². The minimum atomic E-state index is -0.201. The van der Waals surface area contributed by atoms with Crippen molar-refractivity contribution in [3.05, 3.63) is 33.8 Å². The van der Waals surface area contributed by atoms with Crippen LogP contribution in [0.1, 0.15) is 24.9 Å². The molecule has 1 aromatic rings. The highest BCUT2D eigenvalue weighted by Gasteiger charge is 2.14. The number of carbonyl (C=O) groups is 1. The van der Waals surface area contributed by atoms with E-state index in [1.54, 1.807) is 19.2 Å². The predicted octanol–water partition coefficient (Wildman–Crippen LogP) is 3.22. The molecule has 1 unspecified atom stereocenters. The summed E-state index contributed by atoms with van der Waals surface area (Å²) in [7, 11) is 1.60. The first-order chi connectivity index (χ1) is 9.56. The maximum Gasteiger partial charge on any atom is 0.222 e. The van der Waals surface area contributed by atoms with Crippen LogP contribution in [0.2, 0.25) is 10.0 Å². The molecule has 4 nitrogen and oxygen atoms in total. The van der Waals surface area contributed by atoms with Gasteiger partial charge in [-0.1, -0.05) is 35.3 Å². The molecule has 112 valence electrons. The van der Waals surface area contributed by atoms with Crippen molar-refractivity contribution in [1.29, 1.82) is 0 Å². The van der Waals surface area contributed by atoms with Crippen molar-refractivity contribution in [3.63, 3.8) is 0 Å². The van der Waals surface area contributed by atoms with E-state index in [0.29, 0.717) is 36.3 Å². The Labute approximate surface area is 129 Å². The molecule has 0 aliphatic rings. The summed E-state index contributed by atoms with van der Waals surface area (Å²) in [6, 6.07) is 5.16. The van der Waals surface area contributed by atoms with E-state index in [2.05, 4.69) is 5.32 Å². The van der Waals surface area contributed by atoms with E-state index in [1.165, 1.54) is 0 Å². The first kappa shape index (κ1) is 17.2. The SMILES string of the molecule is COCCOCCC(=O)NC(C)c1cccc(Cl)c1Cl. The Hall–Kier alpha value is -0.810. The predicted molar refractivity (Wildman–Crippen MR) is 80.3 cm³/mol. The number of benzene rings is 1. The van der Waals surface area contributed by atoms with Crippen molar-refractivity contribution in [1.82, 2.24) is 5.32 Å². The minimum absolute atomic E-state index is 0.0917. The second kappa shape index (κ2) is 9.19. The molecule has 0 aliphatic heterocycles. The largest absolute Gasteiger partial charge is 0.382 e. The van der Waals surface area contributed by atoms with Crippen LogP contribution in [0.5, 0.6) is 0 Å². The van der Waals surface area contributed by atoms with Gasteiger partial charge in [0.15, 0.2) is 0 Å². The summed E-state index contributed by atoms with van der Waals surface area (Å²) in [5.74, 6) is -0.0917. The number of ether oxygens (including phenoxy) is 2. The van der Waals surface area contributed by atoms with Gasteiger partial charge in [-0.15, -0.1) is 0 Å². The molecule has 1 amide bonds. The molecule has 6 heteroatoms. The number of nitrogens with one attached hydrogen (secondary N) is 1. The lowest BCUT2D eigenvalue weighted by molar-refractivity contribution is -0.122. The van der Waals surface area contributed by atoms with E-state index in [1.807, 2.05) is 13.0 Å². The third kappa shape index (κ3) is 5.67. The Morgan fingerprint density at radius 2 is 2.05 bits per heavy atom. The second-order valence-corrected chi connectivity index (χ2v) is 5.07. The van der Waals surface area contributed by atoms with Crippen molar-refractivity contribution in [2.75, 3.05) is 26.9 Å². The molecular weight excluding hydrogens is 301 g/mol. The molecule has 1 N–H and O–H groups in total. The number of halogens is 2. The Balaban J connectivity index is 2.39. The molecule has 0 saturated carbocycles. The fourth-order valence-electron chi connectivity index (χ4n) is 1.66. The van der Waals surface area contributed by atoms with Crippen LogP contribution in [0, 0.1) is 0 Å². The molecule has 1 atom stereocenters. The first-order valence-corrected chi connectivity index (χ1v) is 7.11. The van der Waals surface area contributed by atoms with Crippen LogP contribution in [-0.4, -0.2) is 32.8 Å². The summed E-state index contributed by atoms with van der Waals surface area (Å²) in [6.45, 7) is 3.24. The van der Waals surface area contributed by atoms with Gasteiger partial charge in [-0.25, -0.2) is 0 Å². The Kier molecular flexibility index (Phi) is 7.92. The van der Waals surface area contributed by atoms with E-state index in [-0.39, 0.29) is 11.9 Å². The standard InChI is InChI=1S/C14H19Cl2NO3/c1-10(11-4-3-5-12(15)14(11)16)17-13(18)6-7-20-9-8-19-2/h3-5,10H,6-9H2,1-2H3,(H,17,18). The van der Waals surface area contributed by atoms with Gasteiger partial charge in [0.2, 0.25) is 5.91 Å². The minimum Gasteiger partial charge on any atom is -0.382 e. The first-order valence-electron chi connectivity index (χ1n) is 6.36. The number of carbonyl (C=O) groups excluding carboxylic acids is 1. The van der Waals surface area contributed by atoms with Crippen molar-refractivity contribution >= 4 is 29.1 Å². The fourth-order valence-corrected chi connectivity index (χ4v) is 2.13. The molecule has 0 aliphatic carbocycles. The van der Waals surface area contributed by atoms with Gasteiger partial charge in [-0.3, -0.25) is 4.79 Å². The number of methoxy groups -OCH3 is 1. The van der Waals surface area contributed by atoms with E-state index in [4.69, 9.17) is 32.7 Å². The molecule has 0 heterocycles. The van der Waals surface area contributed by atoms with Crippen LogP contribution >= 0.6 is 23.2 Å². The summed E-state index contributed by atoms with van der Waals surface area (Å²) in [4.78, 5) is 11.8. The molecular formula is C14H19Cl2NO3. The normalized spacial score (nSPS) is 12.2. The van der Waals surface area contributed by atoms with Crippen LogP contribution in [-0.2, 0) is 14.3 Å².